The summed E-state index contributed by atoms with van der Waals surface area (Å²) in [6.07, 6.45) is 0.734. The van der Waals surface area contributed by atoms with Crippen molar-refractivity contribution in [3.63, 3.8) is 0 Å². The van der Waals surface area contributed by atoms with E-state index < -0.39 is 16.8 Å². The third kappa shape index (κ3) is 4.33. The van der Waals surface area contributed by atoms with Crippen molar-refractivity contribution in [2.45, 2.75) is 69.3 Å². The molecular weight excluding hydrogens is 446 g/mol. The first kappa shape index (κ1) is 24.3. The standard InChI is InChI=1S/C27H33N3O3S/c1-6-16(2)21(23(31)28-17(3)18-12-8-7-9-13-18)29-24(32)22-27(4,5)34-26-20-15-11-10-14-19(20)25(33)30(22)26/h7-17,21-22,26H,6H2,1-5H3,(H,28,31)(H,29,32)/t16-,17-,21+,22-,26+/m1/s1. The Balaban J connectivity index is 1.55. The van der Waals surface area contributed by atoms with Crippen molar-refractivity contribution in [3.8, 4) is 0 Å². The summed E-state index contributed by atoms with van der Waals surface area (Å²) in [5.41, 5.74) is 2.61. The van der Waals surface area contributed by atoms with Gasteiger partial charge in [0.05, 0.1) is 6.04 Å². The SMILES string of the molecule is CC[C@@H](C)[C@H](NC(=O)[C@H]1N2C(=O)c3ccccc3[C@@H]2SC1(C)C)C(=O)N[C@H](C)c1ccccc1. The van der Waals surface area contributed by atoms with E-state index in [9.17, 15) is 14.4 Å². The van der Waals surface area contributed by atoms with E-state index in [2.05, 4.69) is 10.6 Å². The van der Waals surface area contributed by atoms with Crippen LogP contribution in [0.2, 0.25) is 0 Å². The Morgan fingerprint density at radius 1 is 1.03 bits per heavy atom. The zero-order valence-corrected chi connectivity index (χ0v) is 21.2. The minimum atomic E-state index is -0.691. The Hall–Kier alpha value is -2.80. The Bertz CT molecular complexity index is 1090. The third-order valence-corrected chi connectivity index (χ3v) is 8.53. The van der Waals surface area contributed by atoms with Crippen LogP contribution >= 0.6 is 11.8 Å². The van der Waals surface area contributed by atoms with Gasteiger partial charge < -0.3 is 15.5 Å². The molecule has 3 amide bonds. The summed E-state index contributed by atoms with van der Waals surface area (Å²) in [7, 11) is 0. The van der Waals surface area contributed by atoms with Crippen molar-refractivity contribution in [1.29, 1.82) is 0 Å². The van der Waals surface area contributed by atoms with Crippen LogP contribution in [0.3, 0.4) is 0 Å². The fourth-order valence-corrected chi connectivity index (χ4v) is 6.46. The van der Waals surface area contributed by atoms with Gasteiger partial charge in [-0.25, -0.2) is 0 Å². The first-order valence-corrected chi connectivity index (χ1v) is 12.8. The maximum absolute atomic E-state index is 13.7. The van der Waals surface area contributed by atoms with E-state index in [-0.39, 0.29) is 35.1 Å². The Morgan fingerprint density at radius 3 is 2.35 bits per heavy atom. The molecule has 2 heterocycles. The maximum atomic E-state index is 13.7. The molecule has 5 atom stereocenters. The lowest BCUT2D eigenvalue weighted by Crippen LogP contribution is -2.58. The summed E-state index contributed by atoms with van der Waals surface area (Å²) in [4.78, 5) is 41.9. The fraction of sp³-hybridized carbons (Fsp3) is 0.444. The Kier molecular flexibility index (Phi) is 6.76. The van der Waals surface area contributed by atoms with E-state index in [1.54, 1.807) is 16.7 Å². The summed E-state index contributed by atoms with van der Waals surface area (Å²) in [6.45, 7) is 9.89. The first-order chi connectivity index (χ1) is 16.2. The lowest BCUT2D eigenvalue weighted by molar-refractivity contribution is -0.133. The van der Waals surface area contributed by atoms with Gasteiger partial charge in [0, 0.05) is 10.3 Å². The molecule has 7 heteroatoms. The van der Waals surface area contributed by atoms with E-state index in [1.807, 2.05) is 89.2 Å². The van der Waals surface area contributed by atoms with E-state index in [4.69, 9.17) is 0 Å². The molecule has 0 unspecified atom stereocenters. The van der Waals surface area contributed by atoms with Gasteiger partial charge in [-0.3, -0.25) is 14.4 Å². The Morgan fingerprint density at radius 2 is 1.68 bits per heavy atom. The van der Waals surface area contributed by atoms with Crippen LogP contribution in [-0.2, 0) is 9.59 Å². The molecule has 1 fully saturated rings. The van der Waals surface area contributed by atoms with Crippen molar-refractivity contribution in [3.05, 3.63) is 71.3 Å². The molecular formula is C27H33N3O3S. The summed E-state index contributed by atoms with van der Waals surface area (Å²) >= 11 is 1.62. The summed E-state index contributed by atoms with van der Waals surface area (Å²) < 4.78 is -0.494. The van der Waals surface area contributed by atoms with Crippen molar-refractivity contribution < 1.29 is 14.4 Å². The van der Waals surface area contributed by atoms with Gasteiger partial charge in [0.25, 0.3) is 5.91 Å². The number of hydrogen-bond acceptors (Lipinski definition) is 4. The van der Waals surface area contributed by atoms with Gasteiger partial charge in [-0.1, -0.05) is 68.8 Å². The van der Waals surface area contributed by atoms with Crippen LogP contribution in [0.4, 0.5) is 0 Å². The van der Waals surface area contributed by atoms with Crippen molar-refractivity contribution in [2.75, 3.05) is 0 Å². The summed E-state index contributed by atoms with van der Waals surface area (Å²) in [6, 6.07) is 15.8. The zero-order valence-electron chi connectivity index (χ0n) is 20.4. The molecule has 0 radical (unpaired) electrons. The fourth-order valence-electron chi connectivity index (χ4n) is 4.87. The molecule has 2 N–H and O–H groups in total. The maximum Gasteiger partial charge on any atom is 0.256 e. The molecule has 6 nitrogen and oxygen atoms in total. The van der Waals surface area contributed by atoms with Crippen LogP contribution in [0.1, 0.15) is 73.9 Å². The highest BCUT2D eigenvalue weighted by Gasteiger charge is 2.57. The van der Waals surface area contributed by atoms with Gasteiger partial charge in [-0.05, 0) is 43.9 Å². The second-order valence-electron chi connectivity index (χ2n) is 9.79. The average Bonchev–Trinajstić information content (AvgIpc) is 3.26. The van der Waals surface area contributed by atoms with Crippen LogP contribution in [0.15, 0.2) is 54.6 Å². The smallest absolute Gasteiger partial charge is 0.256 e. The molecule has 0 aromatic heterocycles. The topological polar surface area (TPSA) is 78.5 Å². The third-order valence-electron chi connectivity index (χ3n) is 7.00. The number of carbonyl (C=O) groups is 3. The largest absolute Gasteiger partial charge is 0.348 e. The van der Waals surface area contributed by atoms with Gasteiger partial charge in [0.1, 0.15) is 17.5 Å². The minimum absolute atomic E-state index is 0.0636. The predicted octanol–water partition coefficient (Wildman–Crippen LogP) is 4.44. The highest BCUT2D eigenvalue weighted by atomic mass is 32.2. The van der Waals surface area contributed by atoms with Crippen LogP contribution in [-0.4, -0.2) is 39.5 Å². The lowest BCUT2D eigenvalue weighted by Gasteiger charge is -2.32. The van der Waals surface area contributed by atoms with Gasteiger partial charge in [-0.2, -0.15) is 0 Å². The molecule has 34 heavy (non-hydrogen) atoms. The molecule has 0 aliphatic carbocycles. The van der Waals surface area contributed by atoms with Crippen LogP contribution in [0.5, 0.6) is 0 Å². The van der Waals surface area contributed by atoms with E-state index >= 15 is 0 Å². The quantitative estimate of drug-likeness (QED) is 0.615. The van der Waals surface area contributed by atoms with Crippen LogP contribution in [0, 0.1) is 5.92 Å². The molecule has 0 saturated carbocycles. The predicted molar refractivity (Wildman–Crippen MR) is 135 cm³/mol. The van der Waals surface area contributed by atoms with Crippen molar-refractivity contribution in [1.82, 2.24) is 15.5 Å². The number of nitrogens with one attached hydrogen (secondary N) is 2. The van der Waals surface area contributed by atoms with Crippen LogP contribution in [0.25, 0.3) is 0 Å². The molecule has 2 aliphatic rings. The van der Waals surface area contributed by atoms with E-state index in [1.165, 1.54) is 0 Å². The molecule has 0 bridgehead atoms. The monoisotopic (exact) mass is 479 g/mol. The summed E-state index contributed by atoms with van der Waals surface area (Å²) in [5.74, 6) is -0.684. The van der Waals surface area contributed by atoms with Crippen molar-refractivity contribution in [2.24, 2.45) is 5.92 Å². The molecule has 2 aromatic carbocycles. The normalized spacial score (nSPS) is 23.0. The number of nitrogens with zero attached hydrogens (tertiary/aromatic N) is 1. The second kappa shape index (κ2) is 9.45. The number of benzene rings is 2. The van der Waals surface area contributed by atoms with Gasteiger partial charge in [-0.15, -0.1) is 11.8 Å². The van der Waals surface area contributed by atoms with Gasteiger partial charge in [0.2, 0.25) is 11.8 Å². The molecule has 180 valence electrons. The number of rotatable bonds is 7. The molecule has 0 spiro atoms. The number of carbonyl (C=O) groups excluding carboxylic acids is 3. The average molecular weight is 480 g/mol. The highest BCUT2D eigenvalue weighted by molar-refractivity contribution is 8.01. The van der Waals surface area contributed by atoms with E-state index in [0.717, 1.165) is 17.5 Å². The lowest BCUT2D eigenvalue weighted by atomic mass is 9.95. The second-order valence-corrected chi connectivity index (χ2v) is 11.5. The number of fused-ring (bicyclic) bond motifs is 3. The number of hydrogen-bond donors (Lipinski definition) is 2. The first-order valence-electron chi connectivity index (χ1n) is 11.9. The van der Waals surface area contributed by atoms with Crippen molar-refractivity contribution >= 4 is 29.5 Å². The number of amides is 3. The number of thioether (sulfide) groups is 1. The van der Waals surface area contributed by atoms with Crippen LogP contribution < -0.4 is 10.6 Å². The van der Waals surface area contributed by atoms with Gasteiger partial charge >= 0.3 is 0 Å². The van der Waals surface area contributed by atoms with E-state index in [0.29, 0.717) is 5.56 Å². The molecule has 4 rings (SSSR count). The summed E-state index contributed by atoms with van der Waals surface area (Å²) in [5, 5.41) is 5.89. The zero-order chi connectivity index (χ0) is 24.6. The van der Waals surface area contributed by atoms with Gasteiger partial charge in [0.15, 0.2) is 0 Å². The molecule has 1 saturated heterocycles. The molecule has 2 aliphatic heterocycles. The molecule has 2 aromatic rings. The highest BCUT2D eigenvalue weighted by Crippen LogP contribution is 2.56. The minimum Gasteiger partial charge on any atom is -0.348 e. The Labute approximate surface area is 205 Å².